The summed E-state index contributed by atoms with van der Waals surface area (Å²) < 4.78 is 0. The summed E-state index contributed by atoms with van der Waals surface area (Å²) in [5.41, 5.74) is 4.76. The summed E-state index contributed by atoms with van der Waals surface area (Å²) >= 11 is 0. The number of rotatable bonds is 4. The minimum Gasteiger partial charge on any atom is -0.389 e. The molecule has 0 heterocycles. The number of benzene rings is 2. The molecule has 0 spiro atoms. The number of hydrogen-bond donors (Lipinski definition) is 1. The molecule has 0 unspecified atom stereocenters. The Morgan fingerprint density at radius 2 is 1.86 bits per heavy atom. The van der Waals surface area contributed by atoms with Gasteiger partial charge in [-0.2, -0.15) is 5.26 Å². The van der Waals surface area contributed by atoms with E-state index in [2.05, 4.69) is 42.2 Å². The highest BCUT2D eigenvalue weighted by Gasteiger charge is 2.13. The fraction of sp³-hybridized carbons (Fsp3) is 0.278. The van der Waals surface area contributed by atoms with E-state index in [0.717, 1.165) is 17.8 Å². The molecule has 0 aliphatic carbocycles. The van der Waals surface area contributed by atoms with Gasteiger partial charge in [0.1, 0.15) is 0 Å². The Kier molecular flexibility index (Phi) is 4.62. The Balaban J connectivity index is 2.31. The van der Waals surface area contributed by atoms with Gasteiger partial charge in [0.05, 0.1) is 17.7 Å². The van der Waals surface area contributed by atoms with Crippen LogP contribution in [0.1, 0.15) is 35.3 Å². The minimum absolute atomic E-state index is 0.562. The average molecular weight is 280 g/mol. The third-order valence-corrected chi connectivity index (χ3v) is 3.56. The lowest BCUT2D eigenvalue weighted by atomic mass is 10.0. The highest BCUT2D eigenvalue weighted by Crippen LogP contribution is 2.28. The van der Waals surface area contributed by atoms with Crippen LogP contribution in [0, 0.1) is 18.3 Å². The van der Waals surface area contributed by atoms with Gasteiger partial charge in [-0.15, -0.1) is 0 Å². The number of nitriles is 1. The van der Waals surface area contributed by atoms with Gasteiger partial charge in [-0.3, -0.25) is 0 Å². The van der Waals surface area contributed by atoms with Gasteiger partial charge in [-0.1, -0.05) is 35.9 Å². The molecule has 2 rings (SSSR count). The zero-order valence-electron chi connectivity index (χ0n) is 12.7. The van der Waals surface area contributed by atoms with Crippen LogP contribution >= 0.6 is 0 Å². The molecule has 0 saturated carbocycles. The molecule has 3 heteroatoms. The van der Waals surface area contributed by atoms with Gasteiger partial charge in [0.25, 0.3) is 0 Å². The van der Waals surface area contributed by atoms with Crippen LogP contribution in [0.5, 0.6) is 0 Å². The van der Waals surface area contributed by atoms with Gasteiger partial charge in [-0.05, 0) is 31.5 Å². The van der Waals surface area contributed by atoms with E-state index in [0.29, 0.717) is 5.56 Å². The van der Waals surface area contributed by atoms with Crippen LogP contribution < -0.4 is 4.90 Å². The quantitative estimate of drug-likeness (QED) is 0.931. The van der Waals surface area contributed by atoms with E-state index in [1.807, 2.05) is 19.2 Å². The summed E-state index contributed by atoms with van der Waals surface area (Å²) in [4.78, 5) is 2.06. The van der Waals surface area contributed by atoms with Crippen molar-refractivity contribution in [3.63, 3.8) is 0 Å². The smallest absolute Gasteiger partial charge is 0.0992 e. The van der Waals surface area contributed by atoms with E-state index in [1.165, 1.54) is 11.1 Å². The standard InChI is InChI=1S/C18H20N2O/c1-13-4-6-15(7-5-13)12-20(3)18-10-16(11-19)8-9-17(18)14(2)21/h4-10,14,21H,12H2,1-3H3/t14-/m0/s1. The first-order chi connectivity index (χ1) is 10.0. The van der Waals surface area contributed by atoms with Gasteiger partial charge >= 0.3 is 0 Å². The van der Waals surface area contributed by atoms with Crippen molar-refractivity contribution in [1.82, 2.24) is 0 Å². The average Bonchev–Trinajstić information content (AvgIpc) is 2.48. The maximum absolute atomic E-state index is 9.91. The van der Waals surface area contributed by atoms with Crippen LogP contribution in [0.15, 0.2) is 42.5 Å². The fourth-order valence-electron chi connectivity index (χ4n) is 2.35. The molecule has 0 aliphatic heterocycles. The number of aryl methyl sites for hydroxylation is 1. The van der Waals surface area contributed by atoms with Crippen molar-refractivity contribution in [1.29, 1.82) is 5.26 Å². The lowest BCUT2D eigenvalue weighted by Gasteiger charge is -2.24. The fourth-order valence-corrected chi connectivity index (χ4v) is 2.35. The molecule has 0 fully saturated rings. The van der Waals surface area contributed by atoms with Crippen LogP contribution in [-0.4, -0.2) is 12.2 Å². The topological polar surface area (TPSA) is 47.3 Å². The first-order valence-corrected chi connectivity index (χ1v) is 7.00. The molecule has 108 valence electrons. The summed E-state index contributed by atoms with van der Waals surface area (Å²) in [7, 11) is 1.97. The molecular weight excluding hydrogens is 260 g/mol. The second-order valence-electron chi connectivity index (χ2n) is 5.40. The Morgan fingerprint density at radius 1 is 1.19 bits per heavy atom. The minimum atomic E-state index is -0.562. The molecule has 0 bridgehead atoms. The lowest BCUT2D eigenvalue weighted by Crippen LogP contribution is -2.18. The molecule has 0 radical (unpaired) electrons. The molecule has 0 aromatic heterocycles. The first-order valence-electron chi connectivity index (χ1n) is 7.00. The van der Waals surface area contributed by atoms with E-state index in [9.17, 15) is 5.11 Å². The highest BCUT2D eigenvalue weighted by molar-refractivity contribution is 5.58. The number of aliphatic hydroxyl groups is 1. The number of anilines is 1. The SMILES string of the molecule is Cc1ccc(CN(C)c2cc(C#N)ccc2[C@H](C)O)cc1. The third kappa shape index (κ3) is 3.62. The summed E-state index contributed by atoms with van der Waals surface area (Å²) in [5, 5.41) is 19.0. The molecular formula is C18H20N2O. The molecule has 0 aliphatic rings. The zero-order chi connectivity index (χ0) is 15.4. The largest absolute Gasteiger partial charge is 0.389 e. The van der Waals surface area contributed by atoms with E-state index < -0.39 is 6.10 Å². The van der Waals surface area contributed by atoms with Crippen LogP contribution in [0.25, 0.3) is 0 Å². The van der Waals surface area contributed by atoms with Crippen LogP contribution in [0.4, 0.5) is 5.69 Å². The Bertz CT molecular complexity index is 654. The van der Waals surface area contributed by atoms with Crippen LogP contribution in [0.3, 0.4) is 0 Å². The Hall–Kier alpha value is -2.31. The first kappa shape index (κ1) is 15.1. The highest BCUT2D eigenvalue weighted by atomic mass is 16.3. The Morgan fingerprint density at radius 3 is 2.43 bits per heavy atom. The summed E-state index contributed by atoms with van der Waals surface area (Å²) in [6.45, 7) is 4.54. The van der Waals surface area contributed by atoms with Crippen molar-refractivity contribution in [2.24, 2.45) is 0 Å². The molecule has 1 atom stereocenters. The number of aliphatic hydroxyl groups excluding tert-OH is 1. The van der Waals surface area contributed by atoms with E-state index in [1.54, 1.807) is 13.0 Å². The lowest BCUT2D eigenvalue weighted by molar-refractivity contribution is 0.199. The molecule has 0 amide bonds. The van der Waals surface area contributed by atoms with E-state index >= 15 is 0 Å². The van der Waals surface area contributed by atoms with Crippen LogP contribution in [0.2, 0.25) is 0 Å². The van der Waals surface area contributed by atoms with Crippen molar-refractivity contribution >= 4 is 5.69 Å². The van der Waals surface area contributed by atoms with Gasteiger partial charge in [0, 0.05) is 24.8 Å². The van der Waals surface area contributed by atoms with E-state index in [-0.39, 0.29) is 0 Å². The predicted molar refractivity (Wildman–Crippen MR) is 85.1 cm³/mol. The third-order valence-electron chi connectivity index (χ3n) is 3.56. The Labute approximate surface area is 126 Å². The monoisotopic (exact) mass is 280 g/mol. The molecule has 21 heavy (non-hydrogen) atoms. The van der Waals surface area contributed by atoms with Gasteiger partial charge < -0.3 is 10.0 Å². The predicted octanol–water partition coefficient (Wildman–Crippen LogP) is 3.56. The molecule has 2 aromatic carbocycles. The van der Waals surface area contributed by atoms with Crippen molar-refractivity contribution in [2.75, 3.05) is 11.9 Å². The molecule has 3 nitrogen and oxygen atoms in total. The summed E-state index contributed by atoms with van der Waals surface area (Å²) in [6.07, 6.45) is -0.562. The number of nitrogens with zero attached hydrogens (tertiary/aromatic N) is 2. The maximum atomic E-state index is 9.91. The molecule has 1 N–H and O–H groups in total. The second-order valence-corrected chi connectivity index (χ2v) is 5.40. The summed E-state index contributed by atoms with van der Waals surface area (Å²) in [6, 6.07) is 15.9. The van der Waals surface area contributed by atoms with Gasteiger partial charge in [0.15, 0.2) is 0 Å². The van der Waals surface area contributed by atoms with Crippen molar-refractivity contribution < 1.29 is 5.11 Å². The van der Waals surface area contributed by atoms with Crippen molar-refractivity contribution in [3.8, 4) is 6.07 Å². The maximum Gasteiger partial charge on any atom is 0.0992 e. The molecule has 0 saturated heterocycles. The number of hydrogen-bond acceptors (Lipinski definition) is 3. The van der Waals surface area contributed by atoms with Crippen molar-refractivity contribution in [2.45, 2.75) is 26.5 Å². The second kappa shape index (κ2) is 6.43. The van der Waals surface area contributed by atoms with Crippen LogP contribution in [-0.2, 0) is 6.54 Å². The zero-order valence-corrected chi connectivity index (χ0v) is 12.7. The van der Waals surface area contributed by atoms with Gasteiger partial charge in [0.2, 0.25) is 0 Å². The van der Waals surface area contributed by atoms with Crippen molar-refractivity contribution in [3.05, 3.63) is 64.7 Å². The van der Waals surface area contributed by atoms with E-state index in [4.69, 9.17) is 5.26 Å². The molecule has 2 aromatic rings. The normalized spacial score (nSPS) is 11.8. The van der Waals surface area contributed by atoms with Gasteiger partial charge in [-0.25, -0.2) is 0 Å². The summed E-state index contributed by atoms with van der Waals surface area (Å²) in [5.74, 6) is 0.